The molecule has 0 atom stereocenters. The highest BCUT2D eigenvalue weighted by Crippen LogP contribution is 2.30. The molecule has 0 bridgehead atoms. The molecule has 3 rings (SSSR count). The van der Waals surface area contributed by atoms with Gasteiger partial charge in [0.25, 0.3) is 0 Å². The maximum Gasteiger partial charge on any atom is 0.224 e. The molecule has 1 aromatic carbocycles. The van der Waals surface area contributed by atoms with Gasteiger partial charge in [0, 0.05) is 17.5 Å². The topological polar surface area (TPSA) is 42.2 Å². The average Bonchev–Trinajstić information content (AvgIpc) is 2.94. The fourth-order valence-electron chi connectivity index (χ4n) is 2.72. The molecule has 3 heteroatoms. The molecule has 18 heavy (non-hydrogen) atoms. The summed E-state index contributed by atoms with van der Waals surface area (Å²) in [7, 11) is 0. The van der Waals surface area contributed by atoms with E-state index in [1.165, 1.54) is 17.5 Å². The van der Waals surface area contributed by atoms with Gasteiger partial charge in [-0.15, -0.1) is 0 Å². The predicted octanol–water partition coefficient (Wildman–Crippen LogP) is 2.60. The second kappa shape index (κ2) is 4.48. The van der Waals surface area contributed by atoms with Crippen LogP contribution in [0.5, 0.6) is 0 Å². The molecule has 0 saturated carbocycles. The van der Waals surface area contributed by atoms with E-state index in [2.05, 4.69) is 17.4 Å². The van der Waals surface area contributed by atoms with Crippen LogP contribution in [0.3, 0.4) is 0 Å². The lowest BCUT2D eigenvalue weighted by Crippen LogP contribution is -2.24. The number of rotatable bonds is 3. The molecule has 0 saturated heterocycles. The Morgan fingerprint density at radius 1 is 1.33 bits per heavy atom. The Labute approximate surface area is 106 Å². The van der Waals surface area contributed by atoms with E-state index < -0.39 is 0 Å². The van der Waals surface area contributed by atoms with Crippen molar-refractivity contribution in [3.63, 3.8) is 0 Å². The molecule has 1 N–H and O–H groups in total. The summed E-state index contributed by atoms with van der Waals surface area (Å²) >= 11 is 0. The third kappa shape index (κ3) is 1.90. The van der Waals surface area contributed by atoms with Gasteiger partial charge in [0.15, 0.2) is 0 Å². The van der Waals surface area contributed by atoms with E-state index in [-0.39, 0.29) is 5.91 Å². The number of hydrogen-bond acceptors (Lipinski definition) is 2. The Morgan fingerprint density at radius 3 is 2.89 bits per heavy atom. The van der Waals surface area contributed by atoms with E-state index >= 15 is 0 Å². The van der Waals surface area contributed by atoms with Crippen LogP contribution in [0, 0.1) is 0 Å². The van der Waals surface area contributed by atoms with E-state index in [1.54, 1.807) is 6.26 Å². The van der Waals surface area contributed by atoms with Gasteiger partial charge >= 0.3 is 0 Å². The van der Waals surface area contributed by atoms with Crippen molar-refractivity contribution in [2.75, 3.05) is 6.54 Å². The van der Waals surface area contributed by atoms with Crippen LogP contribution in [0.15, 0.2) is 22.8 Å². The van der Waals surface area contributed by atoms with E-state index in [0.29, 0.717) is 13.0 Å². The van der Waals surface area contributed by atoms with Gasteiger partial charge < -0.3 is 9.73 Å². The van der Waals surface area contributed by atoms with Gasteiger partial charge in [-0.3, -0.25) is 4.79 Å². The molecule has 0 aliphatic heterocycles. The molecule has 0 fully saturated rings. The minimum Gasteiger partial charge on any atom is -0.464 e. The molecule has 2 aromatic rings. The van der Waals surface area contributed by atoms with Gasteiger partial charge in [0.1, 0.15) is 5.58 Å². The summed E-state index contributed by atoms with van der Waals surface area (Å²) < 4.78 is 5.57. The summed E-state index contributed by atoms with van der Waals surface area (Å²) in [6, 6.07) is 4.34. The van der Waals surface area contributed by atoms with Gasteiger partial charge in [-0.05, 0) is 49.4 Å². The lowest BCUT2D eigenvalue weighted by Gasteiger charge is -2.02. The summed E-state index contributed by atoms with van der Waals surface area (Å²) in [5.41, 5.74) is 4.73. The highest BCUT2D eigenvalue weighted by molar-refractivity contribution is 5.88. The summed E-state index contributed by atoms with van der Waals surface area (Å²) in [4.78, 5) is 11.6. The third-order valence-corrected chi connectivity index (χ3v) is 3.59. The first kappa shape index (κ1) is 11.3. The van der Waals surface area contributed by atoms with Crippen LogP contribution in [0.1, 0.15) is 30.0 Å². The maximum atomic E-state index is 11.6. The molecule has 0 unspecified atom stereocenters. The van der Waals surface area contributed by atoms with E-state index in [9.17, 15) is 4.79 Å². The molecule has 1 aromatic heterocycles. The van der Waals surface area contributed by atoms with E-state index in [4.69, 9.17) is 4.42 Å². The van der Waals surface area contributed by atoms with Crippen molar-refractivity contribution < 1.29 is 9.21 Å². The van der Waals surface area contributed by atoms with Crippen molar-refractivity contribution in [2.45, 2.75) is 32.6 Å². The number of carbonyl (C=O) groups is 1. The number of fused-ring (bicyclic) bond motifs is 2. The summed E-state index contributed by atoms with van der Waals surface area (Å²) in [5, 5.41) is 3.92. The molecule has 1 heterocycles. The fraction of sp³-hybridized carbons (Fsp3) is 0.400. The quantitative estimate of drug-likeness (QED) is 0.900. The van der Waals surface area contributed by atoms with E-state index in [1.807, 2.05) is 6.92 Å². The molecular formula is C15H17NO2. The molecule has 94 valence electrons. The minimum absolute atomic E-state index is 0.0562. The first-order valence-electron chi connectivity index (χ1n) is 6.56. The SMILES string of the molecule is CCNC(=O)Cc1coc2cc3c(cc12)CCC3. The third-order valence-electron chi connectivity index (χ3n) is 3.59. The Hall–Kier alpha value is -1.77. The zero-order valence-electron chi connectivity index (χ0n) is 10.6. The lowest BCUT2D eigenvalue weighted by molar-refractivity contribution is -0.120. The molecule has 1 aliphatic carbocycles. The van der Waals surface area contributed by atoms with Crippen molar-refractivity contribution in [1.29, 1.82) is 0 Å². The van der Waals surface area contributed by atoms with Crippen molar-refractivity contribution in [3.8, 4) is 0 Å². The number of furan rings is 1. The molecule has 1 amide bonds. The Balaban J connectivity index is 1.96. The highest BCUT2D eigenvalue weighted by atomic mass is 16.3. The minimum atomic E-state index is 0.0562. The fourth-order valence-corrected chi connectivity index (χ4v) is 2.72. The first-order valence-corrected chi connectivity index (χ1v) is 6.56. The second-order valence-corrected chi connectivity index (χ2v) is 4.86. The van der Waals surface area contributed by atoms with Crippen LogP contribution in [0.2, 0.25) is 0 Å². The van der Waals surface area contributed by atoms with Gasteiger partial charge in [0.05, 0.1) is 12.7 Å². The summed E-state index contributed by atoms with van der Waals surface area (Å²) in [6.45, 7) is 2.60. The summed E-state index contributed by atoms with van der Waals surface area (Å²) in [6.07, 6.45) is 5.65. The van der Waals surface area contributed by atoms with Crippen LogP contribution in [0.25, 0.3) is 11.0 Å². The second-order valence-electron chi connectivity index (χ2n) is 4.86. The monoisotopic (exact) mass is 243 g/mol. The first-order chi connectivity index (χ1) is 8.78. The van der Waals surface area contributed by atoms with Crippen LogP contribution < -0.4 is 5.32 Å². The van der Waals surface area contributed by atoms with Gasteiger partial charge in [-0.2, -0.15) is 0 Å². The van der Waals surface area contributed by atoms with Crippen molar-refractivity contribution in [2.24, 2.45) is 0 Å². The zero-order valence-corrected chi connectivity index (χ0v) is 10.6. The molecule has 1 aliphatic rings. The van der Waals surface area contributed by atoms with Crippen molar-refractivity contribution >= 4 is 16.9 Å². The van der Waals surface area contributed by atoms with Crippen LogP contribution in [-0.4, -0.2) is 12.5 Å². The number of nitrogens with one attached hydrogen (secondary N) is 1. The smallest absolute Gasteiger partial charge is 0.224 e. The normalized spacial score (nSPS) is 13.8. The largest absolute Gasteiger partial charge is 0.464 e. The standard InChI is InChI=1S/C15H17NO2/c1-2-16-15(17)8-12-9-18-14-7-11-5-3-4-10(11)6-13(12)14/h6-7,9H,2-5,8H2,1H3,(H,16,17). The van der Waals surface area contributed by atoms with Gasteiger partial charge in [0.2, 0.25) is 5.91 Å². The number of carbonyl (C=O) groups excluding carboxylic acids is 1. The van der Waals surface area contributed by atoms with Crippen LogP contribution in [0.4, 0.5) is 0 Å². The number of hydrogen-bond donors (Lipinski definition) is 1. The maximum absolute atomic E-state index is 11.6. The van der Waals surface area contributed by atoms with Gasteiger partial charge in [-0.1, -0.05) is 0 Å². The van der Waals surface area contributed by atoms with E-state index in [0.717, 1.165) is 29.4 Å². The number of aryl methyl sites for hydroxylation is 2. The molecular weight excluding hydrogens is 226 g/mol. The Kier molecular flexibility index (Phi) is 2.82. The van der Waals surface area contributed by atoms with Crippen molar-refractivity contribution in [1.82, 2.24) is 5.32 Å². The molecule has 3 nitrogen and oxygen atoms in total. The average molecular weight is 243 g/mol. The van der Waals surface area contributed by atoms with Crippen LogP contribution in [-0.2, 0) is 24.1 Å². The number of likely N-dealkylation sites (N-methyl/N-ethyl adjacent to an activating group) is 1. The highest BCUT2D eigenvalue weighted by Gasteiger charge is 2.16. The Morgan fingerprint density at radius 2 is 2.11 bits per heavy atom. The zero-order chi connectivity index (χ0) is 12.5. The Bertz CT molecular complexity index is 598. The predicted molar refractivity (Wildman–Crippen MR) is 70.6 cm³/mol. The van der Waals surface area contributed by atoms with Crippen molar-refractivity contribution in [3.05, 3.63) is 35.1 Å². The number of amides is 1. The summed E-state index contributed by atoms with van der Waals surface area (Å²) in [5.74, 6) is 0.0562. The molecule has 0 radical (unpaired) electrons. The number of benzene rings is 1. The van der Waals surface area contributed by atoms with Gasteiger partial charge in [-0.25, -0.2) is 0 Å². The lowest BCUT2D eigenvalue weighted by atomic mass is 10.0. The molecule has 0 spiro atoms. The van der Waals surface area contributed by atoms with Crippen LogP contribution >= 0.6 is 0 Å².